The highest BCUT2D eigenvalue weighted by molar-refractivity contribution is 6.13. The zero-order chi connectivity index (χ0) is 12.6. The van der Waals surface area contributed by atoms with Crippen LogP contribution in [0.2, 0.25) is 0 Å². The first-order valence-corrected chi connectivity index (χ1v) is 5.02. The minimum absolute atomic E-state index is 0.0617. The summed E-state index contributed by atoms with van der Waals surface area (Å²) >= 11 is 0. The first kappa shape index (κ1) is 11.3. The maximum absolute atomic E-state index is 11.7. The van der Waals surface area contributed by atoms with E-state index in [0.717, 1.165) is 0 Å². The first-order chi connectivity index (χ1) is 8.00. The van der Waals surface area contributed by atoms with Gasteiger partial charge in [0, 0.05) is 19.2 Å². The van der Waals surface area contributed by atoms with Crippen LogP contribution in [-0.2, 0) is 9.59 Å². The summed E-state index contributed by atoms with van der Waals surface area (Å²) in [6.45, 7) is 0.0617. The van der Waals surface area contributed by atoms with Crippen molar-refractivity contribution >= 4 is 17.4 Å². The number of carbonyl (C=O) groups excluding carboxylic acids is 2. The van der Waals surface area contributed by atoms with Crippen molar-refractivity contribution in [2.24, 2.45) is 0 Å². The van der Waals surface area contributed by atoms with Crippen molar-refractivity contribution in [2.45, 2.75) is 5.92 Å². The first-order valence-electron chi connectivity index (χ1n) is 5.02. The molecule has 1 amide bonds. The van der Waals surface area contributed by atoms with E-state index in [-0.39, 0.29) is 23.9 Å². The van der Waals surface area contributed by atoms with E-state index in [1.807, 2.05) is 0 Å². The van der Waals surface area contributed by atoms with Gasteiger partial charge in [-0.05, 0) is 5.56 Å². The van der Waals surface area contributed by atoms with Crippen LogP contribution in [0, 0.1) is 10.1 Å². The minimum atomic E-state index is -0.889. The van der Waals surface area contributed by atoms with E-state index in [2.05, 4.69) is 0 Å². The van der Waals surface area contributed by atoms with E-state index >= 15 is 0 Å². The third-order valence-electron chi connectivity index (χ3n) is 2.75. The van der Waals surface area contributed by atoms with Gasteiger partial charge >= 0.3 is 0 Å². The summed E-state index contributed by atoms with van der Waals surface area (Å²) in [5.41, 5.74) is 0.274. The van der Waals surface area contributed by atoms with Crippen LogP contribution in [0.1, 0.15) is 11.5 Å². The molecule has 6 nitrogen and oxygen atoms in total. The lowest BCUT2D eigenvalue weighted by Gasteiger charge is -2.08. The summed E-state index contributed by atoms with van der Waals surface area (Å²) in [7, 11) is 1.54. The number of likely N-dealkylation sites (N-methyl/N-ethyl adjacent to an activating group) is 1. The van der Waals surface area contributed by atoms with E-state index < -0.39 is 10.8 Å². The fraction of sp³-hybridized carbons (Fsp3) is 0.273. The third-order valence-corrected chi connectivity index (χ3v) is 2.75. The molecule has 0 bridgehead atoms. The van der Waals surface area contributed by atoms with Gasteiger partial charge in [-0.25, -0.2) is 0 Å². The second-order valence-corrected chi connectivity index (χ2v) is 3.95. The molecule has 1 aliphatic heterocycles. The molecule has 1 unspecified atom stereocenters. The highest BCUT2D eigenvalue weighted by atomic mass is 16.6. The SMILES string of the molecule is CN1CC(=O)C(c2cccc([N+](=O)[O-])c2)C1=O. The van der Waals surface area contributed by atoms with Gasteiger partial charge in [-0.15, -0.1) is 0 Å². The molecule has 0 radical (unpaired) electrons. The Balaban J connectivity index is 2.40. The van der Waals surface area contributed by atoms with Crippen LogP contribution < -0.4 is 0 Å². The molecule has 2 rings (SSSR count). The molecule has 1 heterocycles. The number of benzene rings is 1. The lowest BCUT2D eigenvalue weighted by molar-refractivity contribution is -0.384. The number of nitro benzene ring substituents is 1. The van der Waals surface area contributed by atoms with Crippen LogP contribution in [0.5, 0.6) is 0 Å². The molecule has 1 aromatic carbocycles. The van der Waals surface area contributed by atoms with Gasteiger partial charge in [-0.3, -0.25) is 19.7 Å². The van der Waals surface area contributed by atoms with Crippen LogP contribution in [0.15, 0.2) is 24.3 Å². The minimum Gasteiger partial charge on any atom is -0.337 e. The number of hydrogen-bond donors (Lipinski definition) is 0. The van der Waals surface area contributed by atoms with Crippen molar-refractivity contribution < 1.29 is 14.5 Å². The van der Waals surface area contributed by atoms with Gasteiger partial charge in [0.05, 0.1) is 11.5 Å². The van der Waals surface area contributed by atoms with Crippen molar-refractivity contribution in [3.8, 4) is 0 Å². The Labute approximate surface area is 97.0 Å². The molecule has 1 atom stereocenters. The summed E-state index contributed by atoms with van der Waals surface area (Å²) < 4.78 is 0. The number of nitrogens with zero attached hydrogens (tertiary/aromatic N) is 2. The van der Waals surface area contributed by atoms with Gasteiger partial charge in [0.1, 0.15) is 5.92 Å². The Morgan fingerprint density at radius 3 is 2.65 bits per heavy atom. The van der Waals surface area contributed by atoms with E-state index in [1.165, 1.54) is 30.1 Å². The number of carbonyl (C=O) groups is 2. The molecule has 1 fully saturated rings. The van der Waals surface area contributed by atoms with Gasteiger partial charge < -0.3 is 4.90 Å². The van der Waals surface area contributed by atoms with Crippen molar-refractivity contribution in [3.63, 3.8) is 0 Å². The molecular formula is C11H10N2O4. The molecule has 0 saturated carbocycles. The number of ketones is 1. The number of Topliss-reactive ketones (excluding diaryl/α,β-unsaturated/α-hetero) is 1. The highest BCUT2D eigenvalue weighted by Gasteiger charge is 2.38. The molecule has 88 valence electrons. The van der Waals surface area contributed by atoms with E-state index in [4.69, 9.17) is 0 Å². The summed E-state index contributed by atoms with van der Waals surface area (Å²) in [6, 6.07) is 5.65. The van der Waals surface area contributed by atoms with Crippen LogP contribution in [0.4, 0.5) is 5.69 Å². The van der Waals surface area contributed by atoms with Crippen LogP contribution in [0.25, 0.3) is 0 Å². The lowest BCUT2D eigenvalue weighted by atomic mass is 9.96. The number of hydrogen-bond acceptors (Lipinski definition) is 4. The van der Waals surface area contributed by atoms with E-state index in [9.17, 15) is 19.7 Å². The van der Waals surface area contributed by atoms with Crippen molar-refractivity contribution in [3.05, 3.63) is 39.9 Å². The molecule has 0 N–H and O–H groups in total. The smallest absolute Gasteiger partial charge is 0.269 e. The van der Waals surface area contributed by atoms with Crippen LogP contribution in [0.3, 0.4) is 0 Å². The topological polar surface area (TPSA) is 80.5 Å². The van der Waals surface area contributed by atoms with Crippen molar-refractivity contribution in [2.75, 3.05) is 13.6 Å². The fourth-order valence-corrected chi connectivity index (χ4v) is 1.91. The Morgan fingerprint density at radius 1 is 1.41 bits per heavy atom. The molecule has 1 aromatic rings. The fourth-order valence-electron chi connectivity index (χ4n) is 1.91. The molecule has 0 aliphatic carbocycles. The Hall–Kier alpha value is -2.24. The molecule has 0 aromatic heterocycles. The number of rotatable bonds is 2. The second-order valence-electron chi connectivity index (χ2n) is 3.95. The zero-order valence-electron chi connectivity index (χ0n) is 9.12. The maximum atomic E-state index is 11.7. The van der Waals surface area contributed by atoms with Crippen LogP contribution in [-0.4, -0.2) is 35.1 Å². The molecule has 1 aliphatic rings. The third kappa shape index (κ3) is 1.89. The molecule has 17 heavy (non-hydrogen) atoms. The number of nitro groups is 1. The zero-order valence-corrected chi connectivity index (χ0v) is 9.12. The standard InChI is InChI=1S/C11H10N2O4/c1-12-6-9(14)10(11(12)15)7-3-2-4-8(5-7)13(16)17/h2-5,10H,6H2,1H3. The monoisotopic (exact) mass is 234 g/mol. The van der Waals surface area contributed by atoms with Gasteiger partial charge in [0.25, 0.3) is 5.69 Å². The summed E-state index contributed by atoms with van der Waals surface area (Å²) in [4.78, 5) is 34.8. The molecule has 6 heteroatoms. The van der Waals surface area contributed by atoms with Gasteiger partial charge in [0.15, 0.2) is 5.78 Å². The summed E-state index contributed by atoms with van der Waals surface area (Å²) in [6.07, 6.45) is 0. The number of likely N-dealkylation sites (tertiary alicyclic amines) is 1. The average molecular weight is 234 g/mol. The Bertz CT molecular complexity index is 512. The quantitative estimate of drug-likeness (QED) is 0.429. The van der Waals surface area contributed by atoms with Gasteiger partial charge in [0.2, 0.25) is 5.91 Å². The largest absolute Gasteiger partial charge is 0.337 e. The molecule has 0 spiro atoms. The number of non-ortho nitro benzene ring substituents is 1. The van der Waals surface area contributed by atoms with Gasteiger partial charge in [-0.2, -0.15) is 0 Å². The number of amides is 1. The summed E-state index contributed by atoms with van der Waals surface area (Å²) in [5.74, 6) is -1.42. The maximum Gasteiger partial charge on any atom is 0.269 e. The summed E-state index contributed by atoms with van der Waals surface area (Å²) in [5, 5.41) is 10.6. The van der Waals surface area contributed by atoms with Gasteiger partial charge in [-0.1, -0.05) is 12.1 Å². The average Bonchev–Trinajstić information content (AvgIpc) is 2.53. The molecule has 1 saturated heterocycles. The molecular weight excluding hydrogens is 224 g/mol. The predicted octanol–water partition coefficient (Wildman–Crippen LogP) is 0.719. The van der Waals surface area contributed by atoms with E-state index in [0.29, 0.717) is 5.56 Å². The van der Waals surface area contributed by atoms with Crippen molar-refractivity contribution in [1.29, 1.82) is 0 Å². The van der Waals surface area contributed by atoms with Crippen LogP contribution >= 0.6 is 0 Å². The second kappa shape index (κ2) is 3.97. The Kier molecular flexibility index (Phi) is 2.63. The lowest BCUT2D eigenvalue weighted by Crippen LogP contribution is -2.21. The highest BCUT2D eigenvalue weighted by Crippen LogP contribution is 2.27. The van der Waals surface area contributed by atoms with E-state index in [1.54, 1.807) is 6.07 Å². The predicted molar refractivity (Wildman–Crippen MR) is 58.5 cm³/mol. The van der Waals surface area contributed by atoms with Crippen molar-refractivity contribution in [1.82, 2.24) is 4.90 Å². The normalized spacial score (nSPS) is 19.8. The Morgan fingerprint density at radius 2 is 2.12 bits per heavy atom.